The van der Waals surface area contributed by atoms with E-state index >= 15 is 0 Å². The van der Waals surface area contributed by atoms with Crippen molar-refractivity contribution in [3.8, 4) is 5.75 Å². The minimum atomic E-state index is 0.743. The molecular formula is C13H22N2OS. The van der Waals surface area contributed by atoms with Crippen molar-refractivity contribution in [3.05, 3.63) is 23.5 Å². The van der Waals surface area contributed by atoms with Crippen molar-refractivity contribution >= 4 is 11.8 Å². The zero-order valence-corrected chi connectivity index (χ0v) is 11.8. The summed E-state index contributed by atoms with van der Waals surface area (Å²) < 4.78 is 5.74. The fraction of sp³-hybridized carbons (Fsp3) is 0.615. The molecule has 0 saturated heterocycles. The van der Waals surface area contributed by atoms with Gasteiger partial charge >= 0.3 is 0 Å². The van der Waals surface area contributed by atoms with Gasteiger partial charge in [-0.25, -0.2) is 0 Å². The smallest absolute Gasteiger partial charge is 0.142 e. The average Bonchev–Trinajstić information content (AvgIpc) is 2.32. The maximum absolute atomic E-state index is 5.74. The number of aryl methyl sites for hydroxylation is 1. The van der Waals surface area contributed by atoms with Gasteiger partial charge < -0.3 is 10.1 Å². The zero-order valence-electron chi connectivity index (χ0n) is 11.0. The van der Waals surface area contributed by atoms with Gasteiger partial charge in [0.25, 0.3) is 0 Å². The van der Waals surface area contributed by atoms with Crippen LogP contribution in [0.5, 0.6) is 5.75 Å². The van der Waals surface area contributed by atoms with Gasteiger partial charge in [0.1, 0.15) is 5.75 Å². The Morgan fingerprint density at radius 2 is 2.24 bits per heavy atom. The molecule has 0 saturated carbocycles. The number of ether oxygens (including phenoxy) is 1. The molecule has 0 aliphatic rings. The Morgan fingerprint density at radius 3 is 2.94 bits per heavy atom. The number of nitrogens with zero attached hydrogens (tertiary/aromatic N) is 1. The Labute approximate surface area is 108 Å². The van der Waals surface area contributed by atoms with E-state index in [1.165, 1.54) is 0 Å². The van der Waals surface area contributed by atoms with Crippen LogP contribution in [0.3, 0.4) is 0 Å². The third-order valence-electron chi connectivity index (χ3n) is 2.34. The summed E-state index contributed by atoms with van der Waals surface area (Å²) in [6.45, 7) is 6.71. The van der Waals surface area contributed by atoms with E-state index in [1.807, 2.05) is 19.1 Å². The molecule has 0 unspecified atom stereocenters. The summed E-state index contributed by atoms with van der Waals surface area (Å²) in [7, 11) is 0. The maximum Gasteiger partial charge on any atom is 0.142 e. The van der Waals surface area contributed by atoms with E-state index in [0.717, 1.165) is 49.0 Å². The summed E-state index contributed by atoms with van der Waals surface area (Å²) in [5, 5.41) is 3.36. The van der Waals surface area contributed by atoms with E-state index < -0.39 is 0 Å². The predicted molar refractivity (Wildman–Crippen MR) is 74.8 cm³/mol. The summed E-state index contributed by atoms with van der Waals surface area (Å²) >= 11 is 1.79. The Kier molecular flexibility index (Phi) is 7.05. The molecule has 0 fully saturated rings. The highest BCUT2D eigenvalue weighted by atomic mass is 32.2. The first-order chi connectivity index (χ1) is 8.27. The summed E-state index contributed by atoms with van der Waals surface area (Å²) in [5.41, 5.74) is 2.05. The number of thioether (sulfide) groups is 1. The summed E-state index contributed by atoms with van der Waals surface area (Å²) in [6.07, 6.45) is 3.22. The Balaban J connectivity index is 2.59. The van der Waals surface area contributed by atoms with Crippen LogP contribution in [0.4, 0.5) is 0 Å². The fourth-order valence-electron chi connectivity index (χ4n) is 1.47. The van der Waals surface area contributed by atoms with E-state index in [0.29, 0.717) is 0 Å². The molecule has 0 aliphatic carbocycles. The fourth-order valence-corrected chi connectivity index (χ4v) is 1.72. The van der Waals surface area contributed by atoms with E-state index in [4.69, 9.17) is 4.74 Å². The van der Waals surface area contributed by atoms with Gasteiger partial charge in [-0.1, -0.05) is 6.92 Å². The molecule has 1 aromatic heterocycles. The van der Waals surface area contributed by atoms with Crippen LogP contribution in [-0.2, 0) is 6.54 Å². The summed E-state index contributed by atoms with van der Waals surface area (Å²) in [4.78, 5) is 4.53. The van der Waals surface area contributed by atoms with Gasteiger partial charge in [0, 0.05) is 18.0 Å². The van der Waals surface area contributed by atoms with Crippen molar-refractivity contribution in [1.29, 1.82) is 0 Å². The number of pyridine rings is 1. The molecule has 1 heterocycles. The van der Waals surface area contributed by atoms with Crippen LogP contribution in [0, 0.1) is 6.92 Å². The van der Waals surface area contributed by atoms with Gasteiger partial charge in [0.15, 0.2) is 0 Å². The predicted octanol–water partition coefficient (Wildman–Crippen LogP) is 2.63. The Bertz CT molecular complexity index is 331. The molecule has 0 amide bonds. The van der Waals surface area contributed by atoms with Crippen LogP contribution < -0.4 is 10.1 Å². The normalized spacial score (nSPS) is 10.5. The molecule has 1 aromatic rings. The zero-order chi connectivity index (χ0) is 12.5. The number of hydrogen-bond acceptors (Lipinski definition) is 4. The molecule has 0 aromatic carbocycles. The lowest BCUT2D eigenvalue weighted by atomic mass is 10.2. The minimum Gasteiger partial charge on any atom is -0.491 e. The quantitative estimate of drug-likeness (QED) is 0.723. The van der Waals surface area contributed by atoms with Crippen molar-refractivity contribution in [2.75, 3.05) is 25.2 Å². The van der Waals surface area contributed by atoms with Gasteiger partial charge in [-0.3, -0.25) is 4.98 Å². The molecule has 0 bridgehead atoms. The van der Waals surface area contributed by atoms with Crippen LogP contribution >= 0.6 is 11.8 Å². The molecular weight excluding hydrogens is 232 g/mol. The molecule has 0 spiro atoms. The molecule has 1 N–H and O–H groups in total. The van der Waals surface area contributed by atoms with Gasteiger partial charge in [-0.05, 0) is 38.3 Å². The molecule has 96 valence electrons. The largest absolute Gasteiger partial charge is 0.491 e. The third-order valence-corrected chi connectivity index (χ3v) is 2.91. The van der Waals surface area contributed by atoms with Gasteiger partial charge in [0.2, 0.25) is 0 Å². The van der Waals surface area contributed by atoms with Crippen molar-refractivity contribution in [2.45, 2.75) is 26.8 Å². The lowest BCUT2D eigenvalue weighted by Crippen LogP contribution is -2.16. The van der Waals surface area contributed by atoms with Gasteiger partial charge in [-0.2, -0.15) is 11.8 Å². The topological polar surface area (TPSA) is 34.2 Å². The second-order valence-corrected chi connectivity index (χ2v) is 4.90. The second-order valence-electron chi connectivity index (χ2n) is 3.92. The molecule has 17 heavy (non-hydrogen) atoms. The van der Waals surface area contributed by atoms with E-state index in [-0.39, 0.29) is 0 Å². The first-order valence-corrected chi connectivity index (χ1v) is 7.46. The molecule has 1 rings (SSSR count). The van der Waals surface area contributed by atoms with Gasteiger partial charge in [-0.15, -0.1) is 0 Å². The number of hydrogen-bond donors (Lipinski definition) is 1. The third kappa shape index (κ3) is 5.41. The second kappa shape index (κ2) is 8.37. The van der Waals surface area contributed by atoms with Crippen molar-refractivity contribution < 1.29 is 4.74 Å². The lowest BCUT2D eigenvalue weighted by molar-refractivity contribution is 0.336. The van der Waals surface area contributed by atoms with Crippen LogP contribution in [0.2, 0.25) is 0 Å². The summed E-state index contributed by atoms with van der Waals surface area (Å²) in [6, 6.07) is 4.02. The maximum atomic E-state index is 5.74. The minimum absolute atomic E-state index is 0.743. The van der Waals surface area contributed by atoms with Gasteiger partial charge in [0.05, 0.1) is 12.3 Å². The molecule has 0 radical (unpaired) electrons. The SMILES string of the molecule is CCCNCc1nc(C)ccc1OCCSC. The molecule has 3 nitrogen and oxygen atoms in total. The standard InChI is InChI=1S/C13H22N2OS/c1-4-7-14-10-12-13(16-8-9-17-3)6-5-11(2)15-12/h5-6,14H,4,7-10H2,1-3H3. The molecule has 0 atom stereocenters. The average molecular weight is 254 g/mol. The highest BCUT2D eigenvalue weighted by molar-refractivity contribution is 7.98. The van der Waals surface area contributed by atoms with Crippen LogP contribution in [0.25, 0.3) is 0 Å². The monoisotopic (exact) mass is 254 g/mol. The van der Waals surface area contributed by atoms with Crippen LogP contribution in [-0.4, -0.2) is 30.1 Å². The van der Waals surface area contributed by atoms with Crippen molar-refractivity contribution in [1.82, 2.24) is 10.3 Å². The first kappa shape index (κ1) is 14.3. The van der Waals surface area contributed by atoms with E-state index in [1.54, 1.807) is 11.8 Å². The Morgan fingerprint density at radius 1 is 1.41 bits per heavy atom. The highest BCUT2D eigenvalue weighted by Crippen LogP contribution is 2.17. The molecule has 4 heteroatoms. The van der Waals surface area contributed by atoms with Crippen LogP contribution in [0.15, 0.2) is 12.1 Å². The number of rotatable bonds is 8. The Hall–Kier alpha value is -0.740. The van der Waals surface area contributed by atoms with Crippen LogP contribution in [0.1, 0.15) is 24.7 Å². The van der Waals surface area contributed by atoms with Crippen molar-refractivity contribution in [3.63, 3.8) is 0 Å². The van der Waals surface area contributed by atoms with Crippen molar-refractivity contribution in [2.24, 2.45) is 0 Å². The van der Waals surface area contributed by atoms with E-state index in [2.05, 4.69) is 23.5 Å². The number of aromatic nitrogens is 1. The summed E-state index contributed by atoms with van der Waals surface area (Å²) in [5.74, 6) is 1.92. The first-order valence-electron chi connectivity index (χ1n) is 6.07. The highest BCUT2D eigenvalue weighted by Gasteiger charge is 2.05. The number of nitrogens with one attached hydrogen (secondary N) is 1. The van der Waals surface area contributed by atoms with E-state index in [9.17, 15) is 0 Å². The lowest BCUT2D eigenvalue weighted by Gasteiger charge is -2.11. The molecule has 0 aliphatic heterocycles.